The smallest absolute Gasteiger partial charge is 0.319 e. The third-order valence-electron chi connectivity index (χ3n) is 5.39. The van der Waals surface area contributed by atoms with Crippen LogP contribution in [0.25, 0.3) is 10.8 Å². The zero-order valence-electron chi connectivity index (χ0n) is 20.2. The second-order valence-corrected chi connectivity index (χ2v) is 10.5. The summed E-state index contributed by atoms with van der Waals surface area (Å²) in [6.07, 6.45) is -0.236. The van der Waals surface area contributed by atoms with Crippen LogP contribution in [0.2, 0.25) is 0 Å². The number of hydrogen-bond acceptors (Lipinski definition) is 5. The van der Waals surface area contributed by atoms with Crippen LogP contribution in [0.4, 0.5) is 26.2 Å². The van der Waals surface area contributed by atoms with E-state index in [1.165, 1.54) is 50.2 Å². The van der Waals surface area contributed by atoms with Crippen LogP contribution < -0.4 is 20.7 Å². The predicted octanol–water partition coefficient (Wildman–Crippen LogP) is 4.17. The van der Waals surface area contributed by atoms with Crippen molar-refractivity contribution in [1.82, 2.24) is 5.32 Å². The van der Waals surface area contributed by atoms with Gasteiger partial charge < -0.3 is 21.1 Å². The van der Waals surface area contributed by atoms with E-state index in [-0.39, 0.29) is 23.5 Å². The summed E-state index contributed by atoms with van der Waals surface area (Å²) in [6.45, 7) is 2.06. The number of halogens is 1. The van der Waals surface area contributed by atoms with Gasteiger partial charge in [0.25, 0.3) is 10.0 Å². The minimum Gasteiger partial charge on any atom is -0.481 e. The molecule has 0 heterocycles. The van der Waals surface area contributed by atoms with E-state index in [9.17, 15) is 27.2 Å². The summed E-state index contributed by atoms with van der Waals surface area (Å²) in [7, 11) is -4.05. The molecule has 0 saturated heterocycles. The fraction of sp³-hybridized carbons (Fsp3) is 0.240. The minimum absolute atomic E-state index is 0.0259. The van der Waals surface area contributed by atoms with Crippen molar-refractivity contribution in [3.8, 4) is 0 Å². The quantitative estimate of drug-likeness (QED) is 0.265. The van der Waals surface area contributed by atoms with Gasteiger partial charge in [0.15, 0.2) is 0 Å². The first-order valence-corrected chi connectivity index (χ1v) is 12.7. The number of benzene rings is 3. The van der Waals surface area contributed by atoms with Crippen molar-refractivity contribution in [2.45, 2.75) is 25.2 Å². The molecule has 5 N–H and O–H groups in total. The molecule has 3 aromatic rings. The van der Waals surface area contributed by atoms with Gasteiger partial charge >= 0.3 is 12.0 Å². The number of carbonyl (C=O) groups is 3. The first-order valence-electron chi connectivity index (χ1n) is 11.2. The van der Waals surface area contributed by atoms with Crippen molar-refractivity contribution < 1.29 is 32.3 Å². The lowest BCUT2D eigenvalue weighted by atomic mass is 9.94. The monoisotopic (exact) mass is 530 g/mol. The highest BCUT2D eigenvalue weighted by atomic mass is 32.2. The molecule has 12 heteroatoms. The number of hydrogen-bond donors (Lipinski definition) is 5. The lowest BCUT2D eigenvalue weighted by Gasteiger charge is -2.19. The maximum atomic E-state index is 13.2. The molecule has 196 valence electrons. The Labute approximate surface area is 213 Å². The van der Waals surface area contributed by atoms with E-state index in [1.807, 2.05) is 0 Å². The van der Waals surface area contributed by atoms with Gasteiger partial charge in [-0.25, -0.2) is 17.6 Å². The SMILES string of the molecule is CC(C)(CF)C(=O)Nc1ccc(NS(=O)(=O)c2cccc3c(NC(=O)NCCC(=O)O)cccc23)cc1. The lowest BCUT2D eigenvalue weighted by molar-refractivity contribution is -0.136. The number of aliphatic carboxylic acids is 1. The summed E-state index contributed by atoms with van der Waals surface area (Å²) in [5.41, 5.74) is -0.218. The third kappa shape index (κ3) is 6.94. The van der Waals surface area contributed by atoms with Crippen LogP contribution in [-0.4, -0.2) is 44.7 Å². The summed E-state index contributed by atoms with van der Waals surface area (Å²) in [5.74, 6) is -1.55. The van der Waals surface area contributed by atoms with Crippen LogP contribution in [0.15, 0.2) is 65.6 Å². The molecule has 0 aromatic heterocycles. The van der Waals surface area contributed by atoms with E-state index < -0.39 is 40.0 Å². The predicted molar refractivity (Wildman–Crippen MR) is 139 cm³/mol. The Kier molecular flexibility index (Phi) is 8.33. The van der Waals surface area contributed by atoms with Gasteiger partial charge in [-0.1, -0.05) is 24.3 Å². The van der Waals surface area contributed by atoms with E-state index in [2.05, 4.69) is 20.7 Å². The van der Waals surface area contributed by atoms with E-state index in [0.717, 1.165) is 0 Å². The highest BCUT2D eigenvalue weighted by Gasteiger charge is 2.27. The van der Waals surface area contributed by atoms with Crippen LogP contribution >= 0.6 is 0 Å². The number of urea groups is 1. The number of fused-ring (bicyclic) bond motifs is 1. The lowest BCUT2D eigenvalue weighted by Crippen LogP contribution is -2.32. The van der Waals surface area contributed by atoms with Crippen molar-refractivity contribution >= 4 is 55.8 Å². The van der Waals surface area contributed by atoms with Gasteiger partial charge in [-0.05, 0) is 50.2 Å². The topological polar surface area (TPSA) is 154 Å². The van der Waals surface area contributed by atoms with Gasteiger partial charge in [0.1, 0.15) is 6.67 Å². The number of carboxylic acid groups (broad SMARTS) is 1. The average Bonchev–Trinajstić information content (AvgIpc) is 2.84. The maximum absolute atomic E-state index is 13.2. The Morgan fingerprint density at radius 2 is 1.51 bits per heavy atom. The first-order chi connectivity index (χ1) is 17.4. The summed E-state index contributed by atoms with van der Waals surface area (Å²) >= 11 is 0. The molecule has 0 fully saturated rings. The number of nitrogens with one attached hydrogen (secondary N) is 4. The summed E-state index contributed by atoms with van der Waals surface area (Å²) < 4.78 is 41.9. The third-order valence-corrected chi connectivity index (χ3v) is 6.83. The van der Waals surface area contributed by atoms with Crippen molar-refractivity contribution in [1.29, 1.82) is 0 Å². The van der Waals surface area contributed by atoms with Gasteiger partial charge in [-0.2, -0.15) is 0 Å². The zero-order valence-corrected chi connectivity index (χ0v) is 21.0. The number of carbonyl (C=O) groups excluding carboxylic acids is 2. The molecule has 3 amide bonds. The van der Waals surface area contributed by atoms with Crippen molar-refractivity contribution in [3.63, 3.8) is 0 Å². The molecule has 10 nitrogen and oxygen atoms in total. The normalized spacial score (nSPS) is 11.5. The van der Waals surface area contributed by atoms with Crippen molar-refractivity contribution in [2.24, 2.45) is 5.41 Å². The molecule has 0 aliphatic heterocycles. The van der Waals surface area contributed by atoms with Crippen LogP contribution in [0, 0.1) is 5.41 Å². The maximum Gasteiger partial charge on any atom is 0.319 e. The zero-order chi connectivity index (χ0) is 27.2. The second kappa shape index (κ2) is 11.2. The average molecular weight is 531 g/mol. The van der Waals surface area contributed by atoms with Gasteiger partial charge in [0.05, 0.1) is 22.4 Å². The molecule has 3 rings (SSSR count). The highest BCUT2D eigenvalue weighted by Crippen LogP contribution is 2.30. The molecule has 37 heavy (non-hydrogen) atoms. The summed E-state index contributed by atoms with van der Waals surface area (Å²) in [4.78, 5) is 34.9. The molecular weight excluding hydrogens is 503 g/mol. The second-order valence-electron chi connectivity index (χ2n) is 8.84. The molecule has 0 spiro atoms. The molecule has 3 aromatic carbocycles. The Morgan fingerprint density at radius 1 is 0.892 bits per heavy atom. The van der Waals surface area contributed by atoms with E-state index in [1.54, 1.807) is 24.3 Å². The number of sulfonamides is 1. The van der Waals surface area contributed by atoms with Gasteiger partial charge in [-0.3, -0.25) is 14.3 Å². The standard InChI is InChI=1S/C25H27FN4O6S/c1-25(2,15-26)23(33)28-16-9-11-17(12-10-16)30-37(35,36)21-8-4-5-18-19(21)6-3-7-20(18)29-24(34)27-14-13-22(31)32/h3-12,30H,13-15H2,1-2H3,(H,28,33)(H,31,32)(H2,27,29,34). The van der Waals surface area contributed by atoms with Crippen LogP contribution in [0.5, 0.6) is 0 Å². The van der Waals surface area contributed by atoms with Crippen molar-refractivity contribution in [3.05, 3.63) is 60.7 Å². The van der Waals surface area contributed by atoms with Crippen molar-refractivity contribution in [2.75, 3.05) is 28.6 Å². The number of amides is 3. The summed E-state index contributed by atoms with van der Waals surface area (Å²) in [5, 5.41) is 17.1. The molecule has 0 bridgehead atoms. The van der Waals surface area contributed by atoms with E-state index in [4.69, 9.17) is 5.11 Å². The first kappa shape index (κ1) is 27.4. The molecule has 0 aliphatic rings. The Balaban J connectivity index is 1.79. The van der Waals surface area contributed by atoms with Crippen LogP contribution in [0.3, 0.4) is 0 Å². The molecular formula is C25H27FN4O6S. The van der Waals surface area contributed by atoms with Crippen LogP contribution in [-0.2, 0) is 19.6 Å². The fourth-order valence-electron chi connectivity index (χ4n) is 3.27. The molecule has 0 unspecified atom stereocenters. The van der Waals surface area contributed by atoms with Gasteiger partial charge in [0, 0.05) is 28.7 Å². The Hall–Kier alpha value is -4.19. The Bertz CT molecular complexity index is 1420. The van der Waals surface area contributed by atoms with Gasteiger partial charge in [-0.15, -0.1) is 0 Å². The molecule has 0 aliphatic carbocycles. The Morgan fingerprint density at radius 3 is 2.16 bits per heavy atom. The number of alkyl halides is 1. The molecule has 0 radical (unpaired) electrons. The minimum atomic E-state index is -4.05. The van der Waals surface area contributed by atoms with Gasteiger partial charge in [0.2, 0.25) is 5.91 Å². The number of rotatable bonds is 10. The molecule has 0 saturated carbocycles. The highest BCUT2D eigenvalue weighted by molar-refractivity contribution is 7.93. The largest absolute Gasteiger partial charge is 0.481 e. The summed E-state index contributed by atoms with van der Waals surface area (Å²) in [6, 6.07) is 14.7. The number of carboxylic acids is 1. The fourth-order valence-corrected chi connectivity index (χ4v) is 4.55. The van der Waals surface area contributed by atoms with E-state index >= 15 is 0 Å². The van der Waals surface area contributed by atoms with Crippen LogP contribution in [0.1, 0.15) is 20.3 Å². The number of anilines is 3. The molecule has 0 atom stereocenters. The van der Waals surface area contributed by atoms with E-state index in [0.29, 0.717) is 22.1 Å².